The van der Waals surface area contributed by atoms with E-state index in [-0.39, 0.29) is 5.91 Å². The van der Waals surface area contributed by atoms with Gasteiger partial charge in [0.2, 0.25) is 12.2 Å². The number of nitrogens with zero attached hydrogens (tertiary/aromatic N) is 4. The van der Waals surface area contributed by atoms with Crippen LogP contribution in [0.1, 0.15) is 15.2 Å². The van der Waals surface area contributed by atoms with Gasteiger partial charge in [-0.05, 0) is 61.4 Å². The van der Waals surface area contributed by atoms with Crippen LogP contribution in [0.4, 0.5) is 17.1 Å². The maximum Gasteiger partial charge on any atom is 0.267 e. The molecule has 0 saturated heterocycles. The average Bonchev–Trinajstić information content (AvgIpc) is 3.36. The smallest absolute Gasteiger partial charge is 0.267 e. The van der Waals surface area contributed by atoms with Gasteiger partial charge in [-0.1, -0.05) is 29.8 Å². The number of fused-ring (bicyclic) bond motifs is 1. The molecular weight excluding hydrogens is 520 g/mol. The summed E-state index contributed by atoms with van der Waals surface area (Å²) < 4.78 is 0. The molecule has 11 heteroatoms. The van der Waals surface area contributed by atoms with Crippen LogP contribution in [0.2, 0.25) is 5.02 Å². The number of carbonyl (C=O) groups is 1. The third-order valence-corrected chi connectivity index (χ3v) is 6.64. The number of hydrogen-bond acceptors (Lipinski definition) is 7. The number of amides is 1. The molecule has 2 aromatic carbocycles. The summed E-state index contributed by atoms with van der Waals surface area (Å²) in [6, 6.07) is 16.9. The summed E-state index contributed by atoms with van der Waals surface area (Å²) in [6.07, 6.45) is 3.57. The number of nitriles is 1. The summed E-state index contributed by atoms with van der Waals surface area (Å²) in [5, 5.41) is 24.8. The summed E-state index contributed by atoms with van der Waals surface area (Å²) in [6.45, 7) is 1.90. The minimum atomic E-state index is -0.259. The van der Waals surface area contributed by atoms with E-state index >= 15 is 0 Å². The van der Waals surface area contributed by atoms with Crippen molar-refractivity contribution in [3.63, 3.8) is 0 Å². The second-order valence-electron chi connectivity index (χ2n) is 8.60. The Morgan fingerprint density at radius 3 is 2.71 bits per heavy atom. The molecular formula is C27H27ClN8OS. The lowest BCUT2D eigenvalue weighted by Crippen LogP contribution is -2.35. The Bertz CT molecular complexity index is 1490. The SMILES string of the molecule is CN(C)CCN/C(=N\C#N)Nc1cc(Cl)cc(NC(=O)c2sccc2NCc2ccnc3ccccc23)c1. The average molecular weight is 547 g/mol. The molecule has 4 rings (SSSR count). The zero-order chi connectivity index (χ0) is 26.9. The van der Waals surface area contributed by atoms with Gasteiger partial charge in [0.15, 0.2) is 0 Å². The van der Waals surface area contributed by atoms with Crippen molar-refractivity contribution in [3.8, 4) is 6.19 Å². The Kier molecular flexibility index (Phi) is 9.11. The molecule has 1 amide bonds. The van der Waals surface area contributed by atoms with Gasteiger partial charge in [-0.3, -0.25) is 9.78 Å². The van der Waals surface area contributed by atoms with Crippen molar-refractivity contribution in [3.05, 3.63) is 81.6 Å². The van der Waals surface area contributed by atoms with Gasteiger partial charge < -0.3 is 26.2 Å². The lowest BCUT2D eigenvalue weighted by molar-refractivity contribution is 0.103. The number of guanidine groups is 1. The van der Waals surface area contributed by atoms with Crippen molar-refractivity contribution >= 4 is 62.8 Å². The molecule has 0 atom stereocenters. The molecule has 0 aliphatic heterocycles. The Balaban J connectivity index is 1.44. The Morgan fingerprint density at radius 1 is 1.13 bits per heavy atom. The van der Waals surface area contributed by atoms with E-state index in [0.29, 0.717) is 40.3 Å². The summed E-state index contributed by atoms with van der Waals surface area (Å²) in [5.41, 5.74) is 3.84. The molecule has 0 fully saturated rings. The largest absolute Gasteiger partial charge is 0.380 e. The van der Waals surface area contributed by atoms with Gasteiger partial charge in [0.25, 0.3) is 5.91 Å². The fourth-order valence-electron chi connectivity index (χ4n) is 3.74. The van der Waals surface area contributed by atoms with E-state index in [1.807, 2.05) is 60.8 Å². The molecule has 0 saturated carbocycles. The van der Waals surface area contributed by atoms with Gasteiger partial charge in [0.05, 0.1) is 11.2 Å². The monoisotopic (exact) mass is 546 g/mol. The van der Waals surface area contributed by atoms with Crippen LogP contribution in [-0.2, 0) is 6.54 Å². The number of benzene rings is 2. The van der Waals surface area contributed by atoms with Gasteiger partial charge >= 0.3 is 0 Å². The van der Waals surface area contributed by atoms with Gasteiger partial charge in [-0.25, -0.2) is 0 Å². The molecule has 4 aromatic rings. The molecule has 2 aromatic heterocycles. The molecule has 9 nitrogen and oxygen atoms in total. The Hall–Kier alpha value is -4.17. The highest BCUT2D eigenvalue weighted by molar-refractivity contribution is 7.12. The highest BCUT2D eigenvalue weighted by Gasteiger charge is 2.15. The van der Waals surface area contributed by atoms with Crippen LogP contribution >= 0.6 is 22.9 Å². The van der Waals surface area contributed by atoms with E-state index < -0.39 is 0 Å². The van der Waals surface area contributed by atoms with Gasteiger partial charge in [0, 0.05) is 47.6 Å². The second kappa shape index (κ2) is 12.9. The fourth-order valence-corrected chi connectivity index (χ4v) is 4.74. The number of thiophene rings is 1. The number of hydrogen-bond donors (Lipinski definition) is 4. The van der Waals surface area contributed by atoms with Gasteiger partial charge in [0.1, 0.15) is 4.88 Å². The van der Waals surface area contributed by atoms with Gasteiger partial charge in [-0.2, -0.15) is 5.26 Å². The molecule has 0 aliphatic carbocycles. The molecule has 0 unspecified atom stereocenters. The molecule has 0 aliphatic rings. The number of pyridine rings is 1. The van der Waals surface area contributed by atoms with Crippen LogP contribution in [-0.4, -0.2) is 48.9 Å². The Morgan fingerprint density at radius 2 is 1.92 bits per heavy atom. The second-order valence-corrected chi connectivity index (χ2v) is 9.95. The van der Waals surface area contributed by atoms with Crippen molar-refractivity contribution in [1.29, 1.82) is 5.26 Å². The first-order valence-corrected chi connectivity index (χ1v) is 13.1. The normalized spacial score (nSPS) is 11.3. The number of nitrogens with one attached hydrogen (secondary N) is 4. The molecule has 4 N–H and O–H groups in total. The van der Waals surface area contributed by atoms with Crippen LogP contribution in [0.15, 0.2) is 71.2 Å². The van der Waals surface area contributed by atoms with E-state index in [1.165, 1.54) is 11.3 Å². The van der Waals surface area contributed by atoms with E-state index in [9.17, 15) is 4.79 Å². The quantitative estimate of drug-likeness (QED) is 0.129. The van der Waals surface area contributed by atoms with E-state index in [4.69, 9.17) is 16.9 Å². The standard InChI is InChI=1S/C27H27ClN8OS/c1-36(2)11-10-31-27(33-17-29)35-21-14-19(28)13-20(15-21)34-26(37)25-24(8-12-38-25)32-16-18-7-9-30-23-6-4-3-5-22(18)23/h3-9,12-15,32H,10-11,16H2,1-2H3,(H,34,37)(H2,31,33,35). The Labute approximate surface area is 230 Å². The first-order chi connectivity index (χ1) is 18.4. The van der Waals surface area contributed by atoms with Crippen molar-refractivity contribution in [1.82, 2.24) is 15.2 Å². The van der Waals surface area contributed by atoms with Crippen molar-refractivity contribution in [2.75, 3.05) is 43.1 Å². The number of aromatic nitrogens is 1. The minimum Gasteiger partial charge on any atom is -0.380 e. The summed E-state index contributed by atoms with van der Waals surface area (Å²) in [4.78, 5) is 23.9. The number of likely N-dealkylation sites (N-methyl/N-ethyl adjacent to an activating group) is 1. The van der Waals surface area contributed by atoms with Crippen LogP contribution in [0.3, 0.4) is 0 Å². The topological polar surface area (TPSA) is 117 Å². The third kappa shape index (κ3) is 7.20. The highest BCUT2D eigenvalue weighted by atomic mass is 35.5. The maximum atomic E-state index is 13.2. The van der Waals surface area contributed by atoms with Gasteiger partial charge in [-0.15, -0.1) is 16.3 Å². The summed E-state index contributed by atoms with van der Waals surface area (Å²) in [7, 11) is 3.91. The number of halogens is 1. The zero-order valence-electron chi connectivity index (χ0n) is 21.0. The number of aliphatic imine (C=N–C) groups is 1. The molecule has 0 spiro atoms. The van der Waals surface area contributed by atoms with E-state index in [2.05, 4.69) is 31.2 Å². The first-order valence-electron chi connectivity index (χ1n) is 11.8. The first kappa shape index (κ1) is 26.9. The molecule has 0 bridgehead atoms. The van der Waals surface area contributed by atoms with Crippen LogP contribution in [0, 0.1) is 11.5 Å². The van der Waals surface area contributed by atoms with Crippen LogP contribution < -0.4 is 21.3 Å². The minimum absolute atomic E-state index is 0.259. The predicted octanol–water partition coefficient (Wildman–Crippen LogP) is 5.21. The third-order valence-electron chi connectivity index (χ3n) is 5.51. The molecule has 2 heterocycles. The van der Waals surface area contributed by atoms with Crippen molar-refractivity contribution < 1.29 is 4.79 Å². The fraction of sp³-hybridized carbons (Fsp3) is 0.185. The summed E-state index contributed by atoms with van der Waals surface area (Å²) >= 11 is 7.67. The van der Waals surface area contributed by atoms with Crippen LogP contribution in [0.5, 0.6) is 0 Å². The molecule has 0 radical (unpaired) electrons. The molecule has 194 valence electrons. The number of rotatable bonds is 9. The lowest BCUT2D eigenvalue weighted by Gasteiger charge is -2.15. The summed E-state index contributed by atoms with van der Waals surface area (Å²) in [5.74, 6) is 0.0348. The number of anilines is 3. The number of carbonyl (C=O) groups excluding carboxylic acids is 1. The lowest BCUT2D eigenvalue weighted by atomic mass is 10.1. The van der Waals surface area contributed by atoms with Crippen molar-refractivity contribution in [2.45, 2.75) is 6.54 Å². The maximum absolute atomic E-state index is 13.2. The molecule has 38 heavy (non-hydrogen) atoms. The highest BCUT2D eigenvalue weighted by Crippen LogP contribution is 2.27. The zero-order valence-corrected chi connectivity index (χ0v) is 22.5. The van der Waals surface area contributed by atoms with E-state index in [0.717, 1.165) is 28.7 Å². The predicted molar refractivity (Wildman–Crippen MR) is 156 cm³/mol. The van der Waals surface area contributed by atoms with Crippen molar-refractivity contribution in [2.24, 2.45) is 4.99 Å². The van der Waals surface area contributed by atoms with Crippen LogP contribution in [0.25, 0.3) is 10.9 Å². The van der Waals surface area contributed by atoms with E-state index in [1.54, 1.807) is 30.6 Å². The number of para-hydroxylation sites is 1.